The molecule has 0 radical (unpaired) electrons. The molecule has 0 saturated carbocycles. The van der Waals surface area contributed by atoms with Crippen molar-refractivity contribution >= 4 is 10.9 Å². The van der Waals surface area contributed by atoms with Crippen LogP contribution in [0.1, 0.15) is 55.0 Å². The predicted octanol–water partition coefficient (Wildman–Crippen LogP) is 2.80. The molecule has 1 aliphatic heterocycles. The number of rotatable bonds is 3. The number of aromatic nitrogens is 1. The van der Waals surface area contributed by atoms with Gasteiger partial charge < -0.3 is 9.88 Å². The van der Waals surface area contributed by atoms with Crippen molar-refractivity contribution in [3.63, 3.8) is 0 Å². The maximum atomic E-state index is 13.1. The molecule has 2 atom stereocenters. The van der Waals surface area contributed by atoms with Crippen molar-refractivity contribution in [2.45, 2.75) is 66.0 Å². The lowest BCUT2D eigenvalue weighted by Gasteiger charge is -2.32. The van der Waals surface area contributed by atoms with E-state index in [9.17, 15) is 4.79 Å². The minimum atomic E-state index is 0.238. The zero-order valence-electron chi connectivity index (χ0n) is 14.9. The van der Waals surface area contributed by atoms with E-state index in [1.165, 1.54) is 37.8 Å². The first kappa shape index (κ1) is 16.3. The smallest absolute Gasteiger partial charge is 0.198 e. The maximum Gasteiger partial charge on any atom is 0.198 e. The number of aromatic amines is 1. The second-order valence-electron chi connectivity index (χ2n) is 7.25. The molecule has 3 rings (SSSR count). The highest BCUT2D eigenvalue weighted by Gasteiger charge is 2.26. The first-order valence-corrected chi connectivity index (χ1v) is 8.98. The molecule has 23 heavy (non-hydrogen) atoms. The minimum Gasteiger partial charge on any atom is -0.358 e. The molecule has 0 aliphatic carbocycles. The summed E-state index contributed by atoms with van der Waals surface area (Å²) in [6, 6.07) is 4.90. The zero-order valence-corrected chi connectivity index (χ0v) is 14.9. The third kappa shape index (κ3) is 3.07. The van der Waals surface area contributed by atoms with Crippen molar-refractivity contribution in [3.8, 4) is 0 Å². The van der Waals surface area contributed by atoms with Gasteiger partial charge in [0.1, 0.15) is 6.54 Å². The lowest BCUT2D eigenvalue weighted by atomic mass is 9.97. The highest BCUT2D eigenvalue weighted by atomic mass is 16.1. The Bertz CT molecular complexity index is 775. The summed E-state index contributed by atoms with van der Waals surface area (Å²) in [7, 11) is 0. The van der Waals surface area contributed by atoms with E-state index in [4.69, 9.17) is 0 Å². The number of benzene rings is 1. The molecule has 1 saturated heterocycles. The van der Waals surface area contributed by atoms with Gasteiger partial charge in [-0.1, -0.05) is 13.0 Å². The molecule has 0 spiro atoms. The summed E-state index contributed by atoms with van der Waals surface area (Å²) >= 11 is 0. The Hall–Kier alpha value is -1.61. The van der Waals surface area contributed by atoms with Crippen molar-refractivity contribution in [1.82, 2.24) is 4.98 Å². The number of quaternary nitrogens is 1. The molecule has 2 aromatic rings. The van der Waals surface area contributed by atoms with Crippen molar-refractivity contribution in [2.75, 3.05) is 6.54 Å². The Balaban J connectivity index is 2.06. The lowest BCUT2D eigenvalue weighted by molar-refractivity contribution is -0.944. The minimum absolute atomic E-state index is 0.238. The van der Waals surface area contributed by atoms with Crippen LogP contribution in [0.15, 0.2) is 16.9 Å². The Morgan fingerprint density at radius 3 is 2.74 bits per heavy atom. The summed E-state index contributed by atoms with van der Waals surface area (Å²) in [4.78, 5) is 18.2. The maximum absolute atomic E-state index is 13.1. The van der Waals surface area contributed by atoms with E-state index in [2.05, 4.69) is 37.9 Å². The third-order valence-electron chi connectivity index (χ3n) is 5.53. The molecule has 1 aromatic heterocycles. The summed E-state index contributed by atoms with van der Waals surface area (Å²) < 4.78 is 0. The molecule has 2 heterocycles. The Morgan fingerprint density at radius 2 is 2.00 bits per heavy atom. The van der Waals surface area contributed by atoms with Crippen LogP contribution < -0.4 is 10.3 Å². The fraction of sp³-hybridized carbons (Fsp3) is 0.550. The number of nitrogens with one attached hydrogen (secondary N) is 2. The lowest BCUT2D eigenvalue weighted by Crippen LogP contribution is -3.15. The van der Waals surface area contributed by atoms with E-state index in [1.807, 2.05) is 6.92 Å². The standard InChI is InChI=1S/C20H28N2O/c1-5-16-8-6-7-9-22(16)12-17-15(4)21-18-11-13(2)10-14(3)19(18)20(17)23/h10-11,16H,5-9,12H2,1-4H3,(H,21,23)/p+1/t16-/m1/s1. The summed E-state index contributed by atoms with van der Waals surface area (Å²) in [6.45, 7) is 10.5. The molecule has 1 fully saturated rings. The van der Waals surface area contributed by atoms with E-state index >= 15 is 0 Å². The van der Waals surface area contributed by atoms with Crippen LogP contribution in [0.5, 0.6) is 0 Å². The van der Waals surface area contributed by atoms with Gasteiger partial charge in [-0.2, -0.15) is 0 Å². The molecule has 3 heteroatoms. The van der Waals surface area contributed by atoms with Gasteiger partial charge >= 0.3 is 0 Å². The highest BCUT2D eigenvalue weighted by Crippen LogP contribution is 2.18. The van der Waals surface area contributed by atoms with E-state index in [-0.39, 0.29) is 5.43 Å². The predicted molar refractivity (Wildman–Crippen MR) is 96.2 cm³/mol. The van der Waals surface area contributed by atoms with Gasteiger partial charge in [-0.05, 0) is 63.6 Å². The van der Waals surface area contributed by atoms with Gasteiger partial charge in [0.25, 0.3) is 0 Å². The molecule has 1 aromatic carbocycles. The highest BCUT2D eigenvalue weighted by molar-refractivity contribution is 5.83. The Labute approximate surface area is 138 Å². The van der Waals surface area contributed by atoms with Crippen molar-refractivity contribution < 1.29 is 4.90 Å². The van der Waals surface area contributed by atoms with Crippen molar-refractivity contribution in [2.24, 2.45) is 0 Å². The van der Waals surface area contributed by atoms with E-state index in [0.29, 0.717) is 6.04 Å². The van der Waals surface area contributed by atoms with Gasteiger partial charge in [-0.25, -0.2) is 0 Å². The van der Waals surface area contributed by atoms with Gasteiger partial charge in [0.05, 0.1) is 23.7 Å². The summed E-state index contributed by atoms with van der Waals surface area (Å²) in [6.07, 6.45) is 5.13. The second kappa shape index (κ2) is 6.48. The van der Waals surface area contributed by atoms with Crippen LogP contribution in [-0.4, -0.2) is 17.6 Å². The number of pyridine rings is 1. The SMILES string of the molecule is CC[C@@H]1CCCC[NH+]1Cc1c(C)[nH]c2cc(C)cc(C)c2c1=O. The van der Waals surface area contributed by atoms with Crippen LogP contribution >= 0.6 is 0 Å². The van der Waals surface area contributed by atoms with Gasteiger partial charge in [-0.15, -0.1) is 0 Å². The Morgan fingerprint density at radius 1 is 1.22 bits per heavy atom. The number of H-pyrrole nitrogens is 1. The summed E-state index contributed by atoms with van der Waals surface area (Å²) in [5.74, 6) is 0. The van der Waals surface area contributed by atoms with Gasteiger partial charge in [0.15, 0.2) is 5.43 Å². The molecule has 124 valence electrons. The number of hydrogen-bond donors (Lipinski definition) is 2. The van der Waals surface area contributed by atoms with E-state index < -0.39 is 0 Å². The molecular weight excluding hydrogens is 284 g/mol. The van der Waals surface area contributed by atoms with Crippen LogP contribution in [0.2, 0.25) is 0 Å². The first-order chi connectivity index (χ1) is 11.0. The normalized spacial score (nSPS) is 21.7. The molecular formula is C20H29N2O+. The summed E-state index contributed by atoms with van der Waals surface area (Å²) in [5, 5.41) is 0.876. The van der Waals surface area contributed by atoms with Crippen molar-refractivity contribution in [3.05, 3.63) is 44.7 Å². The number of hydrogen-bond acceptors (Lipinski definition) is 1. The largest absolute Gasteiger partial charge is 0.358 e. The van der Waals surface area contributed by atoms with E-state index in [0.717, 1.165) is 34.3 Å². The van der Waals surface area contributed by atoms with Gasteiger partial charge in [0, 0.05) is 11.1 Å². The Kier molecular flexibility index (Phi) is 4.58. The molecule has 3 nitrogen and oxygen atoms in total. The van der Waals surface area contributed by atoms with E-state index in [1.54, 1.807) is 4.90 Å². The van der Waals surface area contributed by atoms with Crippen LogP contribution in [0.25, 0.3) is 10.9 Å². The van der Waals surface area contributed by atoms with Gasteiger partial charge in [0.2, 0.25) is 0 Å². The fourth-order valence-corrected chi connectivity index (χ4v) is 4.28. The quantitative estimate of drug-likeness (QED) is 0.898. The molecule has 0 bridgehead atoms. The molecule has 2 N–H and O–H groups in total. The zero-order chi connectivity index (χ0) is 16.6. The summed E-state index contributed by atoms with van der Waals surface area (Å²) in [5.41, 5.74) is 5.53. The fourth-order valence-electron chi connectivity index (χ4n) is 4.28. The van der Waals surface area contributed by atoms with Gasteiger partial charge in [-0.3, -0.25) is 4.79 Å². The van der Waals surface area contributed by atoms with Crippen LogP contribution in [0.4, 0.5) is 0 Å². The number of fused-ring (bicyclic) bond motifs is 1. The van der Waals surface area contributed by atoms with Crippen LogP contribution in [0.3, 0.4) is 0 Å². The average molecular weight is 313 g/mol. The number of aryl methyl sites for hydroxylation is 3. The average Bonchev–Trinajstić information content (AvgIpc) is 2.50. The van der Waals surface area contributed by atoms with Crippen molar-refractivity contribution in [1.29, 1.82) is 0 Å². The first-order valence-electron chi connectivity index (χ1n) is 8.98. The van der Waals surface area contributed by atoms with Crippen LogP contribution in [-0.2, 0) is 6.54 Å². The second-order valence-corrected chi connectivity index (χ2v) is 7.25. The molecule has 1 unspecified atom stereocenters. The number of piperidine rings is 1. The third-order valence-corrected chi connectivity index (χ3v) is 5.53. The number of likely N-dealkylation sites (tertiary alicyclic amines) is 1. The molecule has 1 aliphatic rings. The van der Waals surface area contributed by atoms with Crippen LogP contribution in [0, 0.1) is 20.8 Å². The monoisotopic (exact) mass is 313 g/mol. The topological polar surface area (TPSA) is 37.3 Å². The molecule has 0 amide bonds.